The number of aryl methyl sites for hydroxylation is 1. The number of aromatic nitrogens is 1. The van der Waals surface area contributed by atoms with E-state index in [-0.39, 0.29) is 5.78 Å². The van der Waals surface area contributed by atoms with Crippen LogP contribution in [0.1, 0.15) is 15.9 Å². The highest BCUT2D eigenvalue weighted by atomic mass is 32.2. The highest BCUT2D eigenvalue weighted by Gasteiger charge is 2.11. The van der Waals surface area contributed by atoms with Gasteiger partial charge in [0.05, 0.1) is 16.0 Å². The number of thioether (sulfide) groups is 1. The van der Waals surface area contributed by atoms with Crippen molar-refractivity contribution in [2.24, 2.45) is 0 Å². The van der Waals surface area contributed by atoms with Crippen molar-refractivity contribution in [3.05, 3.63) is 59.7 Å². The summed E-state index contributed by atoms with van der Waals surface area (Å²) in [5.74, 6) is 0.595. The van der Waals surface area contributed by atoms with Crippen LogP contribution in [0, 0.1) is 6.92 Å². The number of benzene rings is 2. The van der Waals surface area contributed by atoms with Crippen LogP contribution in [0.5, 0.6) is 0 Å². The highest BCUT2D eigenvalue weighted by molar-refractivity contribution is 8.01. The van der Waals surface area contributed by atoms with E-state index in [4.69, 9.17) is 0 Å². The topological polar surface area (TPSA) is 30.0 Å². The molecule has 3 rings (SSSR count). The number of fused-ring (bicyclic) bond motifs is 1. The Labute approximate surface area is 125 Å². The zero-order valence-corrected chi connectivity index (χ0v) is 12.6. The molecule has 4 heteroatoms. The predicted molar refractivity (Wildman–Crippen MR) is 85.9 cm³/mol. The number of rotatable bonds is 4. The summed E-state index contributed by atoms with van der Waals surface area (Å²) in [6.07, 6.45) is 0. The summed E-state index contributed by atoms with van der Waals surface area (Å²) < 4.78 is 2.12. The molecule has 1 heterocycles. The summed E-state index contributed by atoms with van der Waals surface area (Å²) in [6.45, 7) is 1.97. The van der Waals surface area contributed by atoms with Gasteiger partial charge in [-0.15, -0.1) is 11.3 Å². The molecule has 0 atom stereocenters. The molecule has 100 valence electrons. The molecule has 0 aliphatic heterocycles. The van der Waals surface area contributed by atoms with Gasteiger partial charge in [-0.3, -0.25) is 4.79 Å². The van der Waals surface area contributed by atoms with Gasteiger partial charge in [0, 0.05) is 5.56 Å². The number of ketones is 1. The maximum atomic E-state index is 12.2. The van der Waals surface area contributed by atoms with Crippen LogP contribution in [-0.4, -0.2) is 16.5 Å². The van der Waals surface area contributed by atoms with Crippen molar-refractivity contribution in [3.63, 3.8) is 0 Å². The molecule has 0 aliphatic rings. The smallest absolute Gasteiger partial charge is 0.173 e. The fraction of sp³-hybridized carbons (Fsp3) is 0.125. The number of Topliss-reactive ketones (excluding diaryl/α,β-unsaturated/α-hetero) is 1. The predicted octanol–water partition coefficient (Wildman–Crippen LogP) is 4.58. The van der Waals surface area contributed by atoms with Gasteiger partial charge >= 0.3 is 0 Å². The summed E-state index contributed by atoms with van der Waals surface area (Å²) in [5, 5.41) is 0. The molecule has 0 aliphatic carbocycles. The van der Waals surface area contributed by atoms with Crippen molar-refractivity contribution < 1.29 is 4.79 Å². The molecule has 2 nitrogen and oxygen atoms in total. The summed E-state index contributed by atoms with van der Waals surface area (Å²) in [5.41, 5.74) is 2.84. The van der Waals surface area contributed by atoms with Crippen LogP contribution in [0.15, 0.2) is 52.9 Å². The molecule has 0 fully saturated rings. The maximum Gasteiger partial charge on any atom is 0.173 e. The van der Waals surface area contributed by atoms with E-state index < -0.39 is 0 Å². The highest BCUT2D eigenvalue weighted by Crippen LogP contribution is 2.29. The van der Waals surface area contributed by atoms with Crippen LogP contribution in [0.4, 0.5) is 0 Å². The Hall–Kier alpha value is -1.65. The molecule has 3 aromatic rings. The fourth-order valence-corrected chi connectivity index (χ4v) is 3.96. The third kappa shape index (κ3) is 2.76. The van der Waals surface area contributed by atoms with Gasteiger partial charge in [-0.2, -0.15) is 0 Å². The van der Waals surface area contributed by atoms with Gasteiger partial charge in [-0.1, -0.05) is 48.2 Å². The van der Waals surface area contributed by atoms with Gasteiger partial charge in [-0.25, -0.2) is 4.98 Å². The summed E-state index contributed by atoms with van der Waals surface area (Å²) in [7, 11) is 0. The molecule has 0 spiro atoms. The average Bonchev–Trinajstić information content (AvgIpc) is 2.88. The third-order valence-corrected chi connectivity index (χ3v) is 5.23. The second-order valence-corrected chi connectivity index (χ2v) is 6.73. The molecular formula is C16H13NOS2. The lowest BCUT2D eigenvalue weighted by Gasteiger charge is -2.02. The van der Waals surface area contributed by atoms with Crippen LogP contribution in [0.25, 0.3) is 10.2 Å². The number of para-hydroxylation sites is 1. The van der Waals surface area contributed by atoms with Crippen LogP contribution >= 0.6 is 23.1 Å². The van der Waals surface area contributed by atoms with E-state index in [9.17, 15) is 4.79 Å². The number of hydrogen-bond acceptors (Lipinski definition) is 4. The number of carbonyl (C=O) groups excluding carboxylic acids is 1. The van der Waals surface area contributed by atoms with Gasteiger partial charge < -0.3 is 0 Å². The van der Waals surface area contributed by atoms with Gasteiger partial charge in [0.2, 0.25) is 0 Å². The first-order valence-corrected chi connectivity index (χ1v) is 8.11. The first-order valence-electron chi connectivity index (χ1n) is 6.31. The lowest BCUT2D eigenvalue weighted by Crippen LogP contribution is -2.04. The Morgan fingerprint density at radius 3 is 2.70 bits per heavy atom. The lowest BCUT2D eigenvalue weighted by atomic mass is 10.1. The SMILES string of the molecule is Cc1ccccc1C(=O)CSc1nc2ccccc2s1. The van der Waals surface area contributed by atoms with Gasteiger partial charge in [-0.05, 0) is 24.6 Å². The minimum atomic E-state index is 0.160. The first kappa shape index (κ1) is 13.3. The second-order valence-electron chi connectivity index (χ2n) is 4.47. The van der Waals surface area contributed by atoms with Crippen molar-refractivity contribution in [1.29, 1.82) is 0 Å². The van der Waals surface area contributed by atoms with Crippen LogP contribution in [0.2, 0.25) is 0 Å². The van der Waals surface area contributed by atoms with Crippen molar-refractivity contribution >= 4 is 39.1 Å². The molecule has 1 aromatic heterocycles. The van der Waals surface area contributed by atoms with E-state index in [1.165, 1.54) is 16.5 Å². The molecule has 0 N–H and O–H groups in total. The number of hydrogen-bond donors (Lipinski definition) is 0. The summed E-state index contributed by atoms with van der Waals surface area (Å²) in [6, 6.07) is 15.8. The monoisotopic (exact) mass is 299 g/mol. The third-order valence-electron chi connectivity index (χ3n) is 3.05. The van der Waals surface area contributed by atoms with Crippen molar-refractivity contribution in [3.8, 4) is 0 Å². The molecule has 0 radical (unpaired) electrons. The van der Waals surface area contributed by atoms with E-state index in [2.05, 4.69) is 11.1 Å². The lowest BCUT2D eigenvalue weighted by molar-refractivity contribution is 0.102. The van der Waals surface area contributed by atoms with E-state index in [0.29, 0.717) is 5.75 Å². The standard InChI is InChI=1S/C16H13NOS2/c1-11-6-2-3-7-12(11)14(18)10-19-16-17-13-8-4-5-9-15(13)20-16/h2-9H,10H2,1H3. The summed E-state index contributed by atoms with van der Waals surface area (Å²) in [4.78, 5) is 16.7. The summed E-state index contributed by atoms with van der Waals surface area (Å²) >= 11 is 3.15. The Morgan fingerprint density at radius 2 is 1.90 bits per heavy atom. The molecule has 0 unspecified atom stereocenters. The normalized spacial score (nSPS) is 10.8. The average molecular weight is 299 g/mol. The molecule has 0 saturated carbocycles. The molecule has 2 aromatic carbocycles. The van der Waals surface area contributed by atoms with Gasteiger partial charge in [0.25, 0.3) is 0 Å². The molecule has 20 heavy (non-hydrogen) atoms. The number of thiazole rings is 1. The molecule has 0 bridgehead atoms. The minimum absolute atomic E-state index is 0.160. The fourth-order valence-electron chi connectivity index (χ4n) is 2.00. The number of carbonyl (C=O) groups is 1. The van der Waals surface area contributed by atoms with Crippen LogP contribution in [0.3, 0.4) is 0 Å². The van der Waals surface area contributed by atoms with E-state index in [1.54, 1.807) is 11.3 Å². The van der Waals surface area contributed by atoms with E-state index >= 15 is 0 Å². The zero-order chi connectivity index (χ0) is 13.9. The maximum absolute atomic E-state index is 12.2. The minimum Gasteiger partial charge on any atom is -0.293 e. The van der Waals surface area contributed by atoms with Crippen molar-refractivity contribution in [1.82, 2.24) is 4.98 Å². The zero-order valence-electron chi connectivity index (χ0n) is 11.0. The second kappa shape index (κ2) is 5.77. The van der Waals surface area contributed by atoms with Crippen molar-refractivity contribution in [2.45, 2.75) is 11.3 Å². The molecule has 0 saturated heterocycles. The van der Waals surface area contributed by atoms with Gasteiger partial charge in [0.15, 0.2) is 10.1 Å². The van der Waals surface area contributed by atoms with E-state index in [1.807, 2.05) is 49.4 Å². The Bertz CT molecular complexity index is 731. The molecule has 0 amide bonds. The Kier molecular flexibility index (Phi) is 3.85. The quantitative estimate of drug-likeness (QED) is 0.522. The van der Waals surface area contributed by atoms with Crippen LogP contribution < -0.4 is 0 Å². The first-order chi connectivity index (χ1) is 9.74. The number of nitrogens with zero attached hydrogens (tertiary/aromatic N) is 1. The largest absolute Gasteiger partial charge is 0.293 e. The van der Waals surface area contributed by atoms with Crippen molar-refractivity contribution in [2.75, 3.05) is 5.75 Å². The van der Waals surface area contributed by atoms with Gasteiger partial charge in [0.1, 0.15) is 0 Å². The molecular weight excluding hydrogens is 286 g/mol. The van der Waals surface area contributed by atoms with E-state index in [0.717, 1.165) is 21.0 Å². The Balaban J connectivity index is 1.73. The Morgan fingerprint density at radius 1 is 1.15 bits per heavy atom. The van der Waals surface area contributed by atoms with Crippen LogP contribution in [-0.2, 0) is 0 Å².